The van der Waals surface area contributed by atoms with Gasteiger partial charge in [0.25, 0.3) is 0 Å². The van der Waals surface area contributed by atoms with Crippen LogP contribution in [0.5, 0.6) is 5.75 Å². The van der Waals surface area contributed by atoms with Crippen molar-refractivity contribution in [3.8, 4) is 5.75 Å². The molecule has 0 aliphatic heterocycles. The van der Waals surface area contributed by atoms with Crippen LogP contribution in [0.1, 0.15) is 30.1 Å². The third-order valence-electron chi connectivity index (χ3n) is 1.68. The first-order valence-corrected chi connectivity index (χ1v) is 4.52. The van der Waals surface area contributed by atoms with E-state index in [0.717, 1.165) is 12.7 Å². The van der Waals surface area contributed by atoms with Gasteiger partial charge in [0.15, 0.2) is 0 Å². The van der Waals surface area contributed by atoms with Gasteiger partial charge < -0.3 is 4.74 Å². The zero-order valence-corrected chi connectivity index (χ0v) is 8.03. The quantitative estimate of drug-likeness (QED) is 0.417. The molecule has 0 heterocycles. The Morgan fingerprint density at radius 3 is 2.93 bits per heavy atom. The highest BCUT2D eigenvalue weighted by atomic mass is 16.5. The van der Waals surface area contributed by atoms with Crippen molar-refractivity contribution in [2.45, 2.75) is 19.8 Å². The molecule has 0 bridgehead atoms. The topological polar surface area (TPSA) is 43.4 Å². The van der Waals surface area contributed by atoms with E-state index in [9.17, 15) is 9.59 Å². The van der Waals surface area contributed by atoms with Crippen molar-refractivity contribution in [3.63, 3.8) is 0 Å². The van der Waals surface area contributed by atoms with Crippen LogP contribution in [0.2, 0.25) is 0 Å². The summed E-state index contributed by atoms with van der Waals surface area (Å²) in [6.07, 6.45) is 1.87. The fourth-order valence-corrected chi connectivity index (χ4v) is 1.04. The summed E-state index contributed by atoms with van der Waals surface area (Å²) < 4.78 is 5.00. The first kappa shape index (κ1) is 10.4. The summed E-state index contributed by atoms with van der Waals surface area (Å²) in [7, 11) is 0. The smallest absolute Gasteiger partial charge is 0.311 e. The van der Waals surface area contributed by atoms with Crippen LogP contribution in [0.3, 0.4) is 0 Å². The van der Waals surface area contributed by atoms with Gasteiger partial charge in [0, 0.05) is 12.0 Å². The lowest BCUT2D eigenvalue weighted by atomic mass is 10.2. The van der Waals surface area contributed by atoms with Crippen LogP contribution in [0.4, 0.5) is 0 Å². The number of benzene rings is 1. The maximum Gasteiger partial charge on any atom is 0.311 e. The monoisotopic (exact) mass is 192 g/mol. The number of hydrogen-bond donors (Lipinski definition) is 0. The second-order valence-electron chi connectivity index (χ2n) is 2.91. The molecule has 0 amide bonds. The molecular weight excluding hydrogens is 180 g/mol. The van der Waals surface area contributed by atoms with Gasteiger partial charge in [-0.2, -0.15) is 0 Å². The highest BCUT2D eigenvalue weighted by molar-refractivity contribution is 5.77. The minimum atomic E-state index is -0.268. The van der Waals surface area contributed by atoms with Gasteiger partial charge in [-0.25, -0.2) is 0 Å². The molecule has 0 aromatic heterocycles. The molecule has 0 N–H and O–H groups in total. The standard InChI is InChI=1S/C11H12O3/c1-2-4-11(13)14-10-6-3-5-9(7-10)8-12/h3,5-8H,2,4H2,1H3. The van der Waals surface area contributed by atoms with E-state index < -0.39 is 0 Å². The average molecular weight is 192 g/mol. The molecule has 74 valence electrons. The lowest BCUT2D eigenvalue weighted by Gasteiger charge is -2.02. The average Bonchev–Trinajstić information content (AvgIpc) is 2.18. The molecule has 1 rings (SSSR count). The lowest BCUT2D eigenvalue weighted by molar-refractivity contribution is -0.134. The van der Waals surface area contributed by atoms with Crippen molar-refractivity contribution in [2.24, 2.45) is 0 Å². The number of rotatable bonds is 4. The molecule has 0 fully saturated rings. The van der Waals surface area contributed by atoms with Crippen LogP contribution in [0.25, 0.3) is 0 Å². The van der Waals surface area contributed by atoms with E-state index in [4.69, 9.17) is 4.74 Å². The Morgan fingerprint density at radius 2 is 2.29 bits per heavy atom. The highest BCUT2D eigenvalue weighted by Crippen LogP contribution is 2.12. The van der Waals surface area contributed by atoms with Gasteiger partial charge in [-0.05, 0) is 18.6 Å². The number of carbonyl (C=O) groups excluding carboxylic acids is 2. The Labute approximate surface area is 82.7 Å². The zero-order chi connectivity index (χ0) is 10.4. The van der Waals surface area contributed by atoms with Gasteiger partial charge in [-0.15, -0.1) is 0 Å². The lowest BCUT2D eigenvalue weighted by Crippen LogP contribution is -2.06. The van der Waals surface area contributed by atoms with Crippen molar-refractivity contribution in [3.05, 3.63) is 29.8 Å². The fraction of sp³-hybridized carbons (Fsp3) is 0.273. The van der Waals surface area contributed by atoms with Gasteiger partial charge >= 0.3 is 5.97 Å². The highest BCUT2D eigenvalue weighted by Gasteiger charge is 2.03. The minimum absolute atomic E-state index is 0.268. The largest absolute Gasteiger partial charge is 0.427 e. The predicted octanol–water partition coefficient (Wildman–Crippen LogP) is 2.20. The van der Waals surface area contributed by atoms with E-state index in [1.54, 1.807) is 24.3 Å². The number of aldehydes is 1. The number of carbonyl (C=O) groups is 2. The van der Waals surface area contributed by atoms with Crippen LogP contribution in [0.15, 0.2) is 24.3 Å². The summed E-state index contributed by atoms with van der Waals surface area (Å²) in [6.45, 7) is 1.91. The van der Waals surface area contributed by atoms with E-state index in [2.05, 4.69) is 0 Å². The van der Waals surface area contributed by atoms with Crippen molar-refractivity contribution in [1.82, 2.24) is 0 Å². The molecule has 0 unspecified atom stereocenters. The van der Waals surface area contributed by atoms with Gasteiger partial charge in [0.1, 0.15) is 12.0 Å². The molecular formula is C11H12O3. The number of hydrogen-bond acceptors (Lipinski definition) is 3. The first-order chi connectivity index (χ1) is 6.76. The minimum Gasteiger partial charge on any atom is -0.427 e. The Hall–Kier alpha value is -1.64. The molecule has 0 saturated heterocycles. The normalized spacial score (nSPS) is 9.50. The van der Waals surface area contributed by atoms with E-state index in [1.165, 1.54) is 0 Å². The summed E-state index contributed by atoms with van der Waals surface area (Å²) in [5.41, 5.74) is 0.506. The molecule has 0 spiro atoms. The van der Waals surface area contributed by atoms with Crippen molar-refractivity contribution in [1.29, 1.82) is 0 Å². The summed E-state index contributed by atoms with van der Waals surface area (Å²) in [4.78, 5) is 21.5. The molecule has 3 heteroatoms. The van der Waals surface area contributed by atoms with Crippen LogP contribution in [0, 0.1) is 0 Å². The van der Waals surface area contributed by atoms with Crippen molar-refractivity contribution in [2.75, 3.05) is 0 Å². The third kappa shape index (κ3) is 3.01. The summed E-state index contributed by atoms with van der Waals surface area (Å²) in [6, 6.07) is 6.53. The van der Waals surface area contributed by atoms with E-state index in [-0.39, 0.29) is 5.97 Å². The Kier molecular flexibility index (Phi) is 3.85. The van der Waals surface area contributed by atoms with E-state index in [0.29, 0.717) is 17.7 Å². The first-order valence-electron chi connectivity index (χ1n) is 4.52. The predicted molar refractivity (Wildman–Crippen MR) is 52.4 cm³/mol. The molecule has 0 aliphatic rings. The fourth-order valence-electron chi connectivity index (χ4n) is 1.04. The Bertz CT molecular complexity index is 331. The number of ether oxygens (including phenoxy) is 1. The van der Waals surface area contributed by atoms with Crippen LogP contribution in [-0.4, -0.2) is 12.3 Å². The summed E-state index contributed by atoms with van der Waals surface area (Å²) in [5, 5.41) is 0. The molecule has 0 saturated carbocycles. The summed E-state index contributed by atoms with van der Waals surface area (Å²) in [5.74, 6) is 0.156. The second kappa shape index (κ2) is 5.17. The van der Waals surface area contributed by atoms with E-state index in [1.807, 2.05) is 6.92 Å². The van der Waals surface area contributed by atoms with E-state index >= 15 is 0 Å². The van der Waals surface area contributed by atoms with Gasteiger partial charge in [-0.3, -0.25) is 9.59 Å². The van der Waals surface area contributed by atoms with Crippen LogP contribution >= 0.6 is 0 Å². The molecule has 14 heavy (non-hydrogen) atoms. The molecule has 3 nitrogen and oxygen atoms in total. The molecule has 1 aromatic carbocycles. The SMILES string of the molecule is CCCC(=O)Oc1cccc(C=O)c1. The van der Waals surface area contributed by atoms with Crippen molar-refractivity contribution >= 4 is 12.3 Å². The zero-order valence-electron chi connectivity index (χ0n) is 8.03. The summed E-state index contributed by atoms with van der Waals surface area (Å²) >= 11 is 0. The van der Waals surface area contributed by atoms with Gasteiger partial charge in [0.05, 0.1) is 0 Å². The second-order valence-corrected chi connectivity index (χ2v) is 2.91. The van der Waals surface area contributed by atoms with Crippen LogP contribution < -0.4 is 4.74 Å². The van der Waals surface area contributed by atoms with Crippen molar-refractivity contribution < 1.29 is 14.3 Å². The van der Waals surface area contributed by atoms with Crippen LogP contribution in [-0.2, 0) is 4.79 Å². The molecule has 1 aromatic rings. The molecule has 0 radical (unpaired) electrons. The Balaban J connectivity index is 2.66. The maximum atomic E-state index is 11.1. The number of esters is 1. The molecule has 0 atom stereocenters. The van der Waals surface area contributed by atoms with Gasteiger partial charge in [0.2, 0.25) is 0 Å². The maximum absolute atomic E-state index is 11.1. The third-order valence-corrected chi connectivity index (χ3v) is 1.68. The van der Waals surface area contributed by atoms with Gasteiger partial charge in [-0.1, -0.05) is 19.1 Å². The Morgan fingerprint density at radius 1 is 1.50 bits per heavy atom. The molecule has 0 aliphatic carbocycles.